The Morgan fingerprint density at radius 2 is 2.04 bits per heavy atom. The van der Waals surface area contributed by atoms with Gasteiger partial charge in [-0.15, -0.1) is 0 Å². The Labute approximate surface area is 146 Å². The molecule has 0 aliphatic carbocycles. The number of carboxylic acid groups (broad SMARTS) is 1. The van der Waals surface area contributed by atoms with Crippen molar-refractivity contribution in [3.8, 4) is 5.75 Å². The Kier molecular flexibility index (Phi) is 5.08. The van der Waals surface area contributed by atoms with E-state index in [1.807, 2.05) is 0 Å². The second-order valence-corrected chi connectivity index (χ2v) is 6.80. The standard InChI is InChI=1S/C17H23N3O5/c1-25-16-8-14(2-3-15(16)20(23)24)19-6-4-12(5-7-19)9-18-10-13(11-18)17(21)22/h2-3,8,12-13H,4-7,9-11H2,1H3,(H,21,22). The lowest BCUT2D eigenvalue weighted by atomic mass is 9.92. The highest BCUT2D eigenvalue weighted by Crippen LogP contribution is 2.33. The quantitative estimate of drug-likeness (QED) is 0.618. The number of methoxy groups -OCH3 is 1. The van der Waals surface area contributed by atoms with Gasteiger partial charge in [0.2, 0.25) is 0 Å². The Morgan fingerprint density at radius 3 is 2.60 bits per heavy atom. The van der Waals surface area contributed by atoms with Crippen molar-refractivity contribution in [2.45, 2.75) is 12.8 Å². The summed E-state index contributed by atoms with van der Waals surface area (Å²) < 4.78 is 5.14. The van der Waals surface area contributed by atoms with E-state index in [2.05, 4.69) is 9.80 Å². The van der Waals surface area contributed by atoms with Crippen molar-refractivity contribution < 1.29 is 19.6 Å². The summed E-state index contributed by atoms with van der Waals surface area (Å²) in [5, 5.41) is 19.9. The largest absolute Gasteiger partial charge is 0.490 e. The van der Waals surface area contributed by atoms with Crippen LogP contribution in [0.2, 0.25) is 0 Å². The third-order valence-electron chi connectivity index (χ3n) is 5.16. The van der Waals surface area contributed by atoms with Gasteiger partial charge in [0, 0.05) is 50.5 Å². The fourth-order valence-electron chi connectivity index (χ4n) is 3.63. The van der Waals surface area contributed by atoms with E-state index in [1.165, 1.54) is 13.2 Å². The summed E-state index contributed by atoms with van der Waals surface area (Å²) in [4.78, 5) is 25.8. The maximum atomic E-state index is 11.0. The number of carbonyl (C=O) groups is 1. The number of ether oxygens (including phenoxy) is 1. The molecule has 1 N–H and O–H groups in total. The monoisotopic (exact) mass is 349 g/mol. The van der Waals surface area contributed by atoms with E-state index in [4.69, 9.17) is 9.84 Å². The number of rotatable bonds is 6. The minimum absolute atomic E-state index is 0.0214. The summed E-state index contributed by atoms with van der Waals surface area (Å²) in [6.45, 7) is 4.06. The summed E-state index contributed by atoms with van der Waals surface area (Å²) in [6.07, 6.45) is 2.07. The van der Waals surface area contributed by atoms with Gasteiger partial charge in [0.05, 0.1) is 18.0 Å². The first-order valence-corrected chi connectivity index (χ1v) is 8.50. The van der Waals surface area contributed by atoms with E-state index in [9.17, 15) is 14.9 Å². The van der Waals surface area contributed by atoms with Gasteiger partial charge >= 0.3 is 11.7 Å². The molecule has 1 aromatic carbocycles. The van der Waals surface area contributed by atoms with Crippen molar-refractivity contribution in [1.82, 2.24) is 4.90 Å². The average Bonchev–Trinajstić information content (AvgIpc) is 2.57. The van der Waals surface area contributed by atoms with Crippen LogP contribution in [0.25, 0.3) is 0 Å². The molecule has 0 radical (unpaired) electrons. The van der Waals surface area contributed by atoms with Crippen molar-refractivity contribution in [2.24, 2.45) is 11.8 Å². The molecule has 2 saturated heterocycles. The molecule has 0 spiro atoms. The average molecular weight is 349 g/mol. The number of piperidine rings is 1. The number of nitro groups is 1. The number of likely N-dealkylation sites (tertiary alicyclic amines) is 1. The minimum atomic E-state index is -0.696. The Balaban J connectivity index is 1.52. The van der Waals surface area contributed by atoms with Crippen molar-refractivity contribution in [1.29, 1.82) is 0 Å². The van der Waals surface area contributed by atoms with Crippen molar-refractivity contribution >= 4 is 17.3 Å². The van der Waals surface area contributed by atoms with E-state index in [1.54, 1.807) is 12.1 Å². The predicted octanol–water partition coefficient (Wildman–Crippen LogP) is 1.84. The van der Waals surface area contributed by atoms with Crippen LogP contribution in [0.1, 0.15) is 12.8 Å². The van der Waals surface area contributed by atoms with Crippen LogP contribution in [0.5, 0.6) is 5.75 Å². The Morgan fingerprint density at radius 1 is 1.36 bits per heavy atom. The first-order chi connectivity index (χ1) is 12.0. The Hall–Kier alpha value is -2.35. The van der Waals surface area contributed by atoms with Crippen molar-refractivity contribution in [3.63, 3.8) is 0 Å². The van der Waals surface area contributed by atoms with Gasteiger partial charge in [0.1, 0.15) is 0 Å². The number of hydrogen-bond donors (Lipinski definition) is 1. The first kappa shape index (κ1) is 17.5. The highest BCUT2D eigenvalue weighted by molar-refractivity contribution is 5.71. The molecule has 1 aromatic rings. The third-order valence-corrected chi connectivity index (χ3v) is 5.16. The second kappa shape index (κ2) is 7.26. The van der Waals surface area contributed by atoms with Crippen LogP contribution >= 0.6 is 0 Å². The van der Waals surface area contributed by atoms with Gasteiger partial charge in [-0.3, -0.25) is 14.9 Å². The lowest BCUT2D eigenvalue weighted by Crippen LogP contribution is -2.52. The zero-order valence-corrected chi connectivity index (χ0v) is 14.3. The lowest BCUT2D eigenvalue weighted by molar-refractivity contribution is -0.385. The van der Waals surface area contributed by atoms with Crippen molar-refractivity contribution in [3.05, 3.63) is 28.3 Å². The number of hydrogen-bond acceptors (Lipinski definition) is 6. The summed E-state index contributed by atoms with van der Waals surface area (Å²) in [5.74, 6) is -0.0401. The molecule has 0 saturated carbocycles. The van der Waals surface area contributed by atoms with Gasteiger partial charge in [0.25, 0.3) is 0 Å². The van der Waals surface area contributed by atoms with E-state index >= 15 is 0 Å². The van der Waals surface area contributed by atoms with Crippen LogP contribution in [0.4, 0.5) is 11.4 Å². The fraction of sp³-hybridized carbons (Fsp3) is 0.588. The second-order valence-electron chi connectivity index (χ2n) is 6.80. The van der Waals surface area contributed by atoms with Crippen LogP contribution in [0.3, 0.4) is 0 Å². The number of carboxylic acids is 1. The maximum absolute atomic E-state index is 11.0. The summed E-state index contributed by atoms with van der Waals surface area (Å²) in [5.41, 5.74) is 0.919. The fourth-order valence-corrected chi connectivity index (χ4v) is 3.63. The number of anilines is 1. The molecular weight excluding hydrogens is 326 g/mol. The molecule has 0 bridgehead atoms. The molecule has 2 fully saturated rings. The van der Waals surface area contributed by atoms with Gasteiger partial charge in [-0.2, -0.15) is 0 Å². The van der Waals surface area contributed by atoms with Crippen LogP contribution in [-0.4, -0.2) is 60.7 Å². The summed E-state index contributed by atoms with van der Waals surface area (Å²) >= 11 is 0. The molecule has 0 atom stereocenters. The highest BCUT2D eigenvalue weighted by Gasteiger charge is 2.34. The lowest BCUT2D eigenvalue weighted by Gasteiger charge is -2.41. The molecule has 0 amide bonds. The van der Waals surface area contributed by atoms with Gasteiger partial charge in [-0.05, 0) is 24.8 Å². The van der Waals surface area contributed by atoms with E-state index in [0.717, 1.165) is 38.2 Å². The zero-order valence-electron chi connectivity index (χ0n) is 14.3. The molecule has 8 nitrogen and oxygen atoms in total. The van der Waals surface area contributed by atoms with Gasteiger partial charge in [0.15, 0.2) is 5.75 Å². The number of aliphatic carboxylic acids is 1. The first-order valence-electron chi connectivity index (χ1n) is 8.50. The molecule has 0 unspecified atom stereocenters. The van der Waals surface area contributed by atoms with Crippen LogP contribution in [0.15, 0.2) is 18.2 Å². The molecule has 2 heterocycles. The highest BCUT2D eigenvalue weighted by atomic mass is 16.6. The summed E-state index contributed by atoms with van der Waals surface area (Å²) in [6, 6.07) is 4.99. The molecule has 3 rings (SSSR count). The topological polar surface area (TPSA) is 96.2 Å². The molecule has 2 aliphatic rings. The zero-order chi connectivity index (χ0) is 18.0. The smallest absolute Gasteiger partial charge is 0.311 e. The van der Waals surface area contributed by atoms with Crippen LogP contribution in [0, 0.1) is 22.0 Å². The van der Waals surface area contributed by atoms with Gasteiger partial charge in [-0.25, -0.2) is 0 Å². The molecular formula is C17H23N3O5. The van der Waals surface area contributed by atoms with Gasteiger partial charge in [-0.1, -0.05) is 0 Å². The minimum Gasteiger partial charge on any atom is -0.490 e. The number of nitrogens with zero attached hydrogens (tertiary/aromatic N) is 3. The van der Waals surface area contributed by atoms with E-state index < -0.39 is 10.9 Å². The van der Waals surface area contributed by atoms with Gasteiger partial charge < -0.3 is 19.6 Å². The maximum Gasteiger partial charge on any atom is 0.311 e. The van der Waals surface area contributed by atoms with E-state index in [0.29, 0.717) is 19.0 Å². The summed E-state index contributed by atoms with van der Waals surface area (Å²) in [7, 11) is 1.44. The molecule has 8 heteroatoms. The predicted molar refractivity (Wildman–Crippen MR) is 92.2 cm³/mol. The molecule has 136 valence electrons. The SMILES string of the molecule is COc1cc(N2CCC(CN3CC(C(=O)O)C3)CC2)ccc1[N+](=O)[O-]. The number of nitro benzene ring substituents is 1. The molecule has 2 aliphatic heterocycles. The number of benzene rings is 1. The normalized spacial score (nSPS) is 19.5. The third kappa shape index (κ3) is 3.84. The molecule has 0 aromatic heterocycles. The van der Waals surface area contributed by atoms with E-state index in [-0.39, 0.29) is 17.4 Å². The van der Waals surface area contributed by atoms with Crippen LogP contribution < -0.4 is 9.64 Å². The van der Waals surface area contributed by atoms with Crippen molar-refractivity contribution in [2.75, 3.05) is 44.7 Å². The molecule has 25 heavy (non-hydrogen) atoms. The van der Waals surface area contributed by atoms with Crippen LogP contribution in [-0.2, 0) is 4.79 Å². The Bertz CT molecular complexity index is 652.